The molecule has 1 aliphatic heterocycles. The number of ether oxygens (including phenoxy) is 3. The van der Waals surface area contributed by atoms with Crippen LogP contribution in [0, 0.1) is 6.92 Å². The van der Waals surface area contributed by atoms with Crippen LogP contribution in [-0.2, 0) is 0 Å². The molecule has 39 heavy (non-hydrogen) atoms. The van der Waals surface area contributed by atoms with Crippen molar-refractivity contribution < 1.29 is 14.2 Å². The van der Waals surface area contributed by atoms with Crippen LogP contribution >= 0.6 is 0 Å². The summed E-state index contributed by atoms with van der Waals surface area (Å²) < 4.78 is 20.9. The second-order valence-corrected chi connectivity index (χ2v) is 9.11. The molecular formula is C29H23N7O3. The van der Waals surface area contributed by atoms with E-state index in [1.165, 1.54) is 0 Å². The van der Waals surface area contributed by atoms with Gasteiger partial charge in [-0.05, 0) is 48.9 Å². The Balaban J connectivity index is 1.45. The topological polar surface area (TPSA) is 101 Å². The van der Waals surface area contributed by atoms with Crippen molar-refractivity contribution in [3.63, 3.8) is 0 Å². The molecule has 5 heterocycles. The molecule has 10 heteroatoms. The number of aryl methyl sites for hydroxylation is 1. The number of fused-ring (bicyclic) bond motifs is 4. The number of hydrogen-bond donors (Lipinski definition) is 0. The molecule has 0 fully saturated rings. The van der Waals surface area contributed by atoms with E-state index in [1.54, 1.807) is 31.3 Å². The van der Waals surface area contributed by atoms with Gasteiger partial charge in [-0.1, -0.05) is 24.3 Å². The van der Waals surface area contributed by atoms with E-state index in [0.717, 1.165) is 33.6 Å². The predicted octanol–water partition coefficient (Wildman–Crippen LogP) is 4.98. The number of para-hydroxylation sites is 1. The SMILES string of the molecule is COc1ccc(-c2nc3c4c(ncn3n2)Oc2c(c(C)nn2-c2ccccc2)[C@@H]4c2cccnc2)cc1OC. The lowest BCUT2D eigenvalue weighted by atomic mass is 9.85. The number of pyridine rings is 1. The van der Waals surface area contributed by atoms with E-state index in [2.05, 4.69) is 9.97 Å². The van der Waals surface area contributed by atoms with Gasteiger partial charge in [-0.2, -0.15) is 5.10 Å². The Morgan fingerprint density at radius 1 is 0.897 bits per heavy atom. The fraction of sp³-hybridized carbons (Fsp3) is 0.138. The Morgan fingerprint density at radius 2 is 1.74 bits per heavy atom. The van der Waals surface area contributed by atoms with Crippen LogP contribution in [0.15, 0.2) is 79.4 Å². The van der Waals surface area contributed by atoms with Crippen molar-refractivity contribution in [1.29, 1.82) is 0 Å². The molecule has 0 amide bonds. The molecule has 192 valence electrons. The van der Waals surface area contributed by atoms with Crippen molar-refractivity contribution in [3.05, 3.63) is 102 Å². The quantitative estimate of drug-likeness (QED) is 0.315. The van der Waals surface area contributed by atoms with E-state index >= 15 is 0 Å². The fourth-order valence-electron chi connectivity index (χ4n) is 5.10. The van der Waals surface area contributed by atoms with Gasteiger partial charge in [-0.3, -0.25) is 4.98 Å². The first-order valence-electron chi connectivity index (χ1n) is 12.4. The first-order chi connectivity index (χ1) is 19.2. The number of aromatic nitrogens is 7. The van der Waals surface area contributed by atoms with E-state index < -0.39 is 0 Å². The van der Waals surface area contributed by atoms with Crippen molar-refractivity contribution in [2.75, 3.05) is 14.2 Å². The van der Waals surface area contributed by atoms with E-state index in [9.17, 15) is 0 Å². The molecule has 0 N–H and O–H groups in total. The van der Waals surface area contributed by atoms with Crippen molar-refractivity contribution in [1.82, 2.24) is 34.3 Å². The Bertz CT molecular complexity index is 1830. The highest BCUT2D eigenvalue weighted by Gasteiger charge is 2.38. The Labute approximate surface area is 223 Å². The first-order valence-corrected chi connectivity index (χ1v) is 12.4. The Morgan fingerprint density at radius 3 is 2.51 bits per heavy atom. The van der Waals surface area contributed by atoms with Gasteiger partial charge in [0.2, 0.25) is 11.8 Å². The smallest absolute Gasteiger partial charge is 0.230 e. The lowest BCUT2D eigenvalue weighted by molar-refractivity contribution is 0.355. The molecule has 1 aliphatic rings. The number of methoxy groups -OCH3 is 2. The highest BCUT2D eigenvalue weighted by Crippen LogP contribution is 2.49. The summed E-state index contributed by atoms with van der Waals surface area (Å²) in [4.78, 5) is 14.0. The third kappa shape index (κ3) is 3.60. The van der Waals surface area contributed by atoms with E-state index in [1.807, 2.05) is 78.5 Å². The van der Waals surface area contributed by atoms with Gasteiger partial charge in [0, 0.05) is 18.0 Å². The molecule has 10 nitrogen and oxygen atoms in total. The Kier molecular flexibility index (Phi) is 5.25. The molecule has 0 saturated heterocycles. The summed E-state index contributed by atoms with van der Waals surface area (Å²) in [6.07, 6.45) is 5.24. The summed E-state index contributed by atoms with van der Waals surface area (Å²) >= 11 is 0. The summed E-state index contributed by atoms with van der Waals surface area (Å²) in [7, 11) is 3.21. The van der Waals surface area contributed by atoms with Gasteiger partial charge >= 0.3 is 0 Å². The number of nitrogens with zero attached hydrogens (tertiary/aromatic N) is 7. The zero-order valence-corrected chi connectivity index (χ0v) is 21.4. The van der Waals surface area contributed by atoms with Crippen molar-refractivity contribution in [3.8, 4) is 40.3 Å². The number of hydrogen-bond acceptors (Lipinski definition) is 8. The average Bonchev–Trinajstić information content (AvgIpc) is 3.58. The zero-order valence-electron chi connectivity index (χ0n) is 21.4. The molecule has 4 aromatic heterocycles. The van der Waals surface area contributed by atoms with Gasteiger partial charge in [0.15, 0.2) is 23.0 Å². The summed E-state index contributed by atoms with van der Waals surface area (Å²) in [5.74, 6) is 2.56. The largest absolute Gasteiger partial charge is 0.493 e. The molecule has 7 rings (SSSR count). The van der Waals surface area contributed by atoms with Crippen LogP contribution in [0.25, 0.3) is 22.7 Å². The molecule has 0 spiro atoms. The van der Waals surface area contributed by atoms with Gasteiger partial charge < -0.3 is 14.2 Å². The molecule has 0 aliphatic carbocycles. The normalized spacial score (nSPS) is 14.0. The van der Waals surface area contributed by atoms with Crippen molar-refractivity contribution >= 4 is 5.65 Å². The molecule has 0 bridgehead atoms. The fourth-order valence-corrected chi connectivity index (χ4v) is 5.10. The van der Waals surface area contributed by atoms with E-state index in [-0.39, 0.29) is 5.92 Å². The molecule has 6 aromatic rings. The molecule has 0 radical (unpaired) electrons. The van der Waals surface area contributed by atoms with Crippen LogP contribution < -0.4 is 14.2 Å². The van der Waals surface area contributed by atoms with Crippen molar-refractivity contribution in [2.45, 2.75) is 12.8 Å². The first kappa shape index (κ1) is 22.9. The summed E-state index contributed by atoms with van der Waals surface area (Å²) in [6, 6.07) is 19.5. The van der Waals surface area contributed by atoms with Crippen molar-refractivity contribution in [2.24, 2.45) is 0 Å². The van der Waals surface area contributed by atoms with Crippen LogP contribution in [0.5, 0.6) is 23.3 Å². The molecule has 0 unspecified atom stereocenters. The highest BCUT2D eigenvalue weighted by atomic mass is 16.5. The standard InChI is InChI=1S/C29H23N7O3/c1-17-23-24(19-8-7-13-30-15-19)25-27-32-26(18-11-12-21(37-2)22(14-18)38-3)34-35(27)16-31-28(25)39-29(23)36(33-17)20-9-5-4-6-10-20/h4-16,24H,1-3H3/t24-/m0/s1. The number of rotatable bonds is 5. The van der Waals surface area contributed by atoms with Gasteiger partial charge in [-0.15, -0.1) is 5.10 Å². The maximum Gasteiger partial charge on any atom is 0.230 e. The minimum atomic E-state index is -0.270. The highest BCUT2D eigenvalue weighted by molar-refractivity contribution is 5.69. The van der Waals surface area contributed by atoms with Crippen LogP contribution in [0.1, 0.15) is 28.3 Å². The molecule has 2 aromatic carbocycles. The van der Waals surface area contributed by atoms with E-state index in [0.29, 0.717) is 34.7 Å². The lowest BCUT2D eigenvalue weighted by Gasteiger charge is -2.26. The van der Waals surface area contributed by atoms with E-state index in [4.69, 9.17) is 29.4 Å². The second-order valence-electron chi connectivity index (χ2n) is 9.11. The minimum absolute atomic E-state index is 0.270. The summed E-state index contributed by atoms with van der Waals surface area (Å²) in [5, 5.41) is 9.60. The Hall–Kier alpha value is -5.25. The predicted molar refractivity (Wildman–Crippen MR) is 143 cm³/mol. The zero-order chi connectivity index (χ0) is 26.5. The van der Waals surface area contributed by atoms with Crippen LogP contribution in [0.4, 0.5) is 0 Å². The average molecular weight is 518 g/mol. The molecule has 1 atom stereocenters. The molecule has 0 saturated carbocycles. The summed E-state index contributed by atoms with van der Waals surface area (Å²) in [6.45, 7) is 1.99. The maximum atomic E-state index is 6.48. The summed E-state index contributed by atoms with van der Waals surface area (Å²) in [5.41, 5.74) is 5.87. The minimum Gasteiger partial charge on any atom is -0.493 e. The van der Waals surface area contributed by atoms with Crippen LogP contribution in [-0.4, -0.2) is 48.6 Å². The van der Waals surface area contributed by atoms with Gasteiger partial charge in [-0.25, -0.2) is 19.2 Å². The third-order valence-electron chi connectivity index (χ3n) is 6.88. The van der Waals surface area contributed by atoms with Crippen LogP contribution in [0.3, 0.4) is 0 Å². The van der Waals surface area contributed by atoms with Gasteiger partial charge in [0.05, 0.1) is 42.6 Å². The lowest BCUT2D eigenvalue weighted by Crippen LogP contribution is -2.16. The van der Waals surface area contributed by atoms with Crippen LogP contribution in [0.2, 0.25) is 0 Å². The van der Waals surface area contributed by atoms with Gasteiger partial charge in [0.1, 0.15) is 6.33 Å². The monoisotopic (exact) mass is 517 g/mol. The second kappa shape index (κ2) is 8.95. The number of benzene rings is 2. The van der Waals surface area contributed by atoms with Gasteiger partial charge in [0.25, 0.3) is 0 Å². The maximum absolute atomic E-state index is 6.48. The molecular weight excluding hydrogens is 494 g/mol. The third-order valence-corrected chi connectivity index (χ3v) is 6.88.